The fourth-order valence-electron chi connectivity index (χ4n) is 3.03. The van der Waals surface area contributed by atoms with Gasteiger partial charge in [-0.2, -0.15) is 4.31 Å². The maximum atomic E-state index is 12.9. The molecule has 1 fully saturated rings. The maximum Gasteiger partial charge on any atom is 0.251 e. The summed E-state index contributed by atoms with van der Waals surface area (Å²) >= 11 is 0. The van der Waals surface area contributed by atoms with Crippen molar-refractivity contribution in [1.29, 1.82) is 0 Å². The highest BCUT2D eigenvalue weighted by molar-refractivity contribution is 7.89. The van der Waals surface area contributed by atoms with Crippen LogP contribution in [0.2, 0.25) is 0 Å². The van der Waals surface area contributed by atoms with Crippen LogP contribution in [0.15, 0.2) is 23.1 Å². The lowest BCUT2D eigenvalue weighted by atomic mass is 10.1. The van der Waals surface area contributed by atoms with Crippen molar-refractivity contribution in [2.45, 2.75) is 57.4 Å². The smallest absolute Gasteiger partial charge is 0.251 e. The number of benzene rings is 1. The molecule has 2 rings (SSSR count). The second-order valence-electron chi connectivity index (χ2n) is 6.87. The zero-order valence-corrected chi connectivity index (χ0v) is 16.8. The molecule has 26 heavy (non-hydrogen) atoms. The average molecular weight is 383 g/mol. The minimum atomic E-state index is -3.62. The average Bonchev–Trinajstić information content (AvgIpc) is 2.62. The Morgan fingerprint density at radius 2 is 1.96 bits per heavy atom. The van der Waals surface area contributed by atoms with Gasteiger partial charge >= 0.3 is 0 Å². The van der Waals surface area contributed by atoms with Crippen LogP contribution in [0, 0.1) is 6.92 Å². The van der Waals surface area contributed by atoms with Crippen molar-refractivity contribution < 1.29 is 17.9 Å². The van der Waals surface area contributed by atoms with Crippen LogP contribution in [0.4, 0.5) is 0 Å². The molecular formula is C19H30N2O4S. The third-order valence-electron chi connectivity index (χ3n) is 4.66. The number of aryl methyl sites for hydroxylation is 1. The zero-order chi connectivity index (χ0) is 19.2. The van der Waals surface area contributed by atoms with Gasteiger partial charge in [-0.25, -0.2) is 8.42 Å². The highest BCUT2D eigenvalue weighted by atomic mass is 32.2. The lowest BCUT2D eigenvalue weighted by Crippen LogP contribution is -2.41. The Bertz CT molecular complexity index is 712. The molecule has 1 atom stereocenters. The van der Waals surface area contributed by atoms with Crippen LogP contribution in [0.5, 0.6) is 0 Å². The minimum Gasteiger partial charge on any atom is -0.379 e. The third-order valence-corrected chi connectivity index (χ3v) is 6.70. The number of hydrogen-bond acceptors (Lipinski definition) is 4. The summed E-state index contributed by atoms with van der Waals surface area (Å²) < 4.78 is 32.5. The van der Waals surface area contributed by atoms with Gasteiger partial charge in [-0.3, -0.25) is 4.79 Å². The van der Waals surface area contributed by atoms with Crippen molar-refractivity contribution in [3.63, 3.8) is 0 Å². The first-order valence-electron chi connectivity index (χ1n) is 9.35. The topological polar surface area (TPSA) is 75.7 Å². The quantitative estimate of drug-likeness (QED) is 0.702. The summed E-state index contributed by atoms with van der Waals surface area (Å²) in [7, 11) is -3.62. The van der Waals surface area contributed by atoms with Crippen LogP contribution in [0.1, 0.15) is 55.5 Å². The number of sulfonamides is 1. The van der Waals surface area contributed by atoms with E-state index < -0.39 is 10.0 Å². The summed E-state index contributed by atoms with van der Waals surface area (Å²) in [4.78, 5) is 12.7. The molecule has 146 valence electrons. The van der Waals surface area contributed by atoms with Crippen molar-refractivity contribution >= 4 is 15.9 Å². The predicted molar refractivity (Wildman–Crippen MR) is 102 cm³/mol. The molecule has 6 nitrogen and oxygen atoms in total. The van der Waals surface area contributed by atoms with Crippen LogP contribution in [0.3, 0.4) is 0 Å². The SMILES string of the molecule is CCCCC[C@H](C)NC(=O)c1ccc(C)c(S(=O)(=O)N2CCOCC2)c1. The molecule has 7 heteroatoms. The summed E-state index contributed by atoms with van der Waals surface area (Å²) in [5.41, 5.74) is 1.02. The Hall–Kier alpha value is -1.44. The normalized spacial score (nSPS) is 17.0. The molecule has 0 bridgehead atoms. The molecule has 1 aromatic rings. The first-order valence-corrected chi connectivity index (χ1v) is 10.8. The summed E-state index contributed by atoms with van der Waals surface area (Å²) in [6.07, 6.45) is 4.28. The van der Waals surface area contributed by atoms with Crippen LogP contribution in [0.25, 0.3) is 0 Å². The molecule has 0 aromatic heterocycles. The van der Waals surface area contributed by atoms with Gasteiger partial charge in [-0.05, 0) is 38.0 Å². The summed E-state index contributed by atoms with van der Waals surface area (Å²) in [5, 5.41) is 2.97. The van der Waals surface area contributed by atoms with Crippen LogP contribution < -0.4 is 5.32 Å². The summed E-state index contributed by atoms with van der Waals surface area (Å²) in [5.74, 6) is -0.229. The molecule has 1 amide bonds. The zero-order valence-electron chi connectivity index (χ0n) is 16.0. The second-order valence-corrected chi connectivity index (χ2v) is 8.77. The summed E-state index contributed by atoms with van der Waals surface area (Å²) in [6, 6.07) is 4.94. The van der Waals surface area contributed by atoms with Gasteiger partial charge < -0.3 is 10.1 Å². The van der Waals surface area contributed by atoms with E-state index in [4.69, 9.17) is 4.74 Å². The molecule has 1 aliphatic rings. The molecule has 1 heterocycles. The van der Waals surface area contributed by atoms with Crippen molar-refractivity contribution in [3.05, 3.63) is 29.3 Å². The highest BCUT2D eigenvalue weighted by Gasteiger charge is 2.28. The molecule has 0 unspecified atom stereocenters. The van der Waals surface area contributed by atoms with E-state index in [0.717, 1.165) is 25.7 Å². The van der Waals surface area contributed by atoms with Crippen LogP contribution >= 0.6 is 0 Å². The van der Waals surface area contributed by atoms with Gasteiger partial charge in [0.1, 0.15) is 0 Å². The Labute approximate surface area is 157 Å². The minimum absolute atomic E-state index is 0.0645. The van der Waals surface area contributed by atoms with Crippen molar-refractivity contribution in [2.75, 3.05) is 26.3 Å². The number of carbonyl (C=O) groups is 1. The van der Waals surface area contributed by atoms with E-state index in [9.17, 15) is 13.2 Å². The monoisotopic (exact) mass is 382 g/mol. The molecule has 1 N–H and O–H groups in total. The number of morpholine rings is 1. The molecule has 0 aliphatic carbocycles. The lowest BCUT2D eigenvalue weighted by Gasteiger charge is -2.26. The van der Waals surface area contributed by atoms with Gasteiger partial charge in [-0.15, -0.1) is 0 Å². The van der Waals surface area contributed by atoms with E-state index in [1.54, 1.807) is 19.1 Å². The Morgan fingerprint density at radius 3 is 2.62 bits per heavy atom. The number of nitrogens with one attached hydrogen (secondary N) is 1. The number of nitrogens with zero attached hydrogens (tertiary/aromatic N) is 1. The molecule has 1 aromatic carbocycles. The molecule has 1 aliphatic heterocycles. The van der Waals surface area contributed by atoms with E-state index in [1.165, 1.54) is 10.4 Å². The van der Waals surface area contributed by atoms with Gasteiger partial charge in [-0.1, -0.05) is 32.3 Å². The predicted octanol–water partition coefficient (Wildman–Crippen LogP) is 2.71. The molecule has 0 spiro atoms. The Balaban J connectivity index is 2.14. The van der Waals surface area contributed by atoms with Gasteiger partial charge in [0.05, 0.1) is 18.1 Å². The number of carbonyl (C=O) groups excluding carboxylic acids is 1. The first-order chi connectivity index (χ1) is 12.4. The number of ether oxygens (including phenoxy) is 1. The molecular weight excluding hydrogens is 352 g/mol. The molecule has 1 saturated heterocycles. The highest BCUT2D eigenvalue weighted by Crippen LogP contribution is 2.22. The van der Waals surface area contributed by atoms with Gasteiger partial charge in [0.2, 0.25) is 10.0 Å². The van der Waals surface area contributed by atoms with E-state index in [1.807, 2.05) is 6.92 Å². The van der Waals surface area contributed by atoms with Crippen molar-refractivity contribution in [2.24, 2.45) is 0 Å². The van der Waals surface area contributed by atoms with Crippen LogP contribution in [-0.2, 0) is 14.8 Å². The Morgan fingerprint density at radius 1 is 1.27 bits per heavy atom. The lowest BCUT2D eigenvalue weighted by molar-refractivity contribution is 0.0730. The first kappa shape index (κ1) is 20.9. The number of hydrogen-bond donors (Lipinski definition) is 1. The number of rotatable bonds is 8. The van der Waals surface area contributed by atoms with E-state index in [2.05, 4.69) is 12.2 Å². The fourth-order valence-corrected chi connectivity index (χ4v) is 4.68. The largest absolute Gasteiger partial charge is 0.379 e. The van der Waals surface area contributed by atoms with E-state index >= 15 is 0 Å². The maximum absolute atomic E-state index is 12.9. The van der Waals surface area contributed by atoms with E-state index in [0.29, 0.717) is 37.4 Å². The van der Waals surface area contributed by atoms with Gasteiger partial charge in [0, 0.05) is 24.7 Å². The molecule has 0 radical (unpaired) electrons. The van der Waals surface area contributed by atoms with Crippen molar-refractivity contribution in [1.82, 2.24) is 9.62 Å². The van der Waals surface area contributed by atoms with Gasteiger partial charge in [0.25, 0.3) is 5.91 Å². The summed E-state index contributed by atoms with van der Waals surface area (Å²) in [6.45, 7) is 7.35. The molecule has 0 saturated carbocycles. The third kappa shape index (κ3) is 5.28. The fraction of sp³-hybridized carbons (Fsp3) is 0.632. The second kappa shape index (κ2) is 9.48. The van der Waals surface area contributed by atoms with Crippen LogP contribution in [-0.4, -0.2) is 51.0 Å². The number of amides is 1. The number of unbranched alkanes of at least 4 members (excludes halogenated alkanes) is 2. The Kier molecular flexibility index (Phi) is 7.61. The van der Waals surface area contributed by atoms with Gasteiger partial charge in [0.15, 0.2) is 0 Å². The van der Waals surface area contributed by atoms with Crippen molar-refractivity contribution in [3.8, 4) is 0 Å². The standard InChI is InChI=1S/C19H30N2O4S/c1-4-5-6-7-16(3)20-19(22)17-9-8-15(2)18(14-17)26(23,24)21-10-12-25-13-11-21/h8-9,14,16H,4-7,10-13H2,1-3H3,(H,20,22)/t16-/m0/s1. The van der Waals surface area contributed by atoms with E-state index in [-0.39, 0.29) is 16.8 Å².